The fraction of sp³-hybridized carbons (Fsp3) is 0. The first kappa shape index (κ1) is 5.43. The molecule has 0 spiro atoms. The van der Waals surface area contributed by atoms with Crippen molar-refractivity contribution >= 4 is 37.3 Å². The van der Waals surface area contributed by atoms with Crippen LogP contribution in [0.4, 0.5) is 0 Å². The van der Waals surface area contributed by atoms with E-state index in [4.69, 9.17) is 0 Å². The number of hydrogen-bond acceptors (Lipinski definition) is 2. The maximum absolute atomic E-state index is 4.03. The predicted octanol–water partition coefficient (Wildman–Crippen LogP) is 1.65. The Hall–Kier alpha value is 0.430. The van der Waals surface area contributed by atoms with Crippen molar-refractivity contribution in [3.05, 3.63) is 0 Å². The van der Waals surface area contributed by atoms with Crippen LogP contribution in [-0.2, 0) is 3.93 Å². The highest BCUT2D eigenvalue weighted by atomic mass is 79.9. The molecule has 0 bridgehead atoms. The lowest BCUT2D eigenvalue weighted by Crippen LogP contribution is -1.48. The zero-order chi connectivity index (χ0) is 4.12. The van der Waals surface area contributed by atoms with Crippen molar-refractivity contribution in [3.8, 4) is 0 Å². The van der Waals surface area contributed by atoms with Gasteiger partial charge in [0.1, 0.15) is 5.12 Å². The first-order chi connectivity index (χ1) is 2.41. The maximum atomic E-state index is 4.03. The van der Waals surface area contributed by atoms with Gasteiger partial charge in [-0.3, -0.25) is 0 Å². The number of oxime groups is 1. The minimum absolute atomic E-state index is 1.35. The van der Waals surface area contributed by atoms with Gasteiger partial charge in [0.05, 0.1) is 0 Å². The van der Waals surface area contributed by atoms with E-state index in [0.29, 0.717) is 0 Å². The van der Waals surface area contributed by atoms with Crippen LogP contribution in [0.5, 0.6) is 0 Å². The standard InChI is InChI=1S/CHBr2NO/c2-1-4-5-3/h1H/b4-1+. The second-order valence-corrected chi connectivity index (χ2v) is 0.971. The third-order valence-corrected chi connectivity index (χ3v) is 0.414. The Morgan fingerprint density at radius 2 is 2.40 bits per heavy atom. The van der Waals surface area contributed by atoms with Crippen LogP contribution in [0.25, 0.3) is 0 Å². The fourth-order valence-corrected chi connectivity index (χ4v) is 0.407. The van der Waals surface area contributed by atoms with E-state index in [-0.39, 0.29) is 0 Å². The molecule has 0 saturated carbocycles. The highest BCUT2D eigenvalue weighted by molar-refractivity contribution is 9.17. The molecular formula is CHBr2NO. The van der Waals surface area contributed by atoms with Gasteiger partial charge >= 0.3 is 0 Å². The molecular weight excluding hydrogens is 202 g/mol. The van der Waals surface area contributed by atoms with Gasteiger partial charge in [-0.05, 0) is 15.9 Å². The second-order valence-electron chi connectivity index (χ2n) is 0.272. The van der Waals surface area contributed by atoms with Gasteiger partial charge < -0.3 is 3.93 Å². The molecule has 0 amide bonds. The van der Waals surface area contributed by atoms with Gasteiger partial charge in [-0.15, -0.1) is 0 Å². The largest absolute Gasteiger partial charge is 0.315 e. The van der Waals surface area contributed by atoms with E-state index in [1.165, 1.54) is 5.12 Å². The van der Waals surface area contributed by atoms with Crippen LogP contribution in [0.1, 0.15) is 0 Å². The average molecular weight is 203 g/mol. The summed E-state index contributed by atoms with van der Waals surface area (Å²) in [7, 11) is 0. The number of hydrogen-bond donors (Lipinski definition) is 0. The average Bonchev–Trinajstić information content (AvgIpc) is 1.41. The van der Waals surface area contributed by atoms with Crippen molar-refractivity contribution in [1.82, 2.24) is 0 Å². The number of halogens is 2. The molecule has 0 rings (SSSR count). The van der Waals surface area contributed by atoms with Crippen LogP contribution in [0.2, 0.25) is 0 Å². The summed E-state index contributed by atoms with van der Waals surface area (Å²) in [5.74, 6) is 0. The normalized spacial score (nSPS) is 9.20. The monoisotopic (exact) mass is 201 g/mol. The Kier molecular flexibility index (Phi) is 4.81. The van der Waals surface area contributed by atoms with E-state index in [2.05, 4.69) is 41.3 Å². The highest BCUT2D eigenvalue weighted by Crippen LogP contribution is 1.82. The van der Waals surface area contributed by atoms with Crippen LogP contribution < -0.4 is 0 Å². The molecule has 4 heteroatoms. The third-order valence-electron chi connectivity index (χ3n) is 0.0797. The summed E-state index contributed by atoms with van der Waals surface area (Å²) in [6.45, 7) is 0. The molecule has 0 radical (unpaired) electrons. The summed E-state index contributed by atoms with van der Waals surface area (Å²) < 4.78 is 4.03. The van der Waals surface area contributed by atoms with Crippen molar-refractivity contribution in [1.29, 1.82) is 0 Å². The van der Waals surface area contributed by atoms with Crippen LogP contribution in [0.15, 0.2) is 5.16 Å². The molecule has 0 aliphatic carbocycles. The van der Waals surface area contributed by atoms with E-state index < -0.39 is 0 Å². The van der Waals surface area contributed by atoms with Gasteiger partial charge in [0, 0.05) is 0 Å². The molecule has 0 aromatic carbocycles. The molecule has 30 valence electrons. The van der Waals surface area contributed by atoms with Gasteiger partial charge in [0.25, 0.3) is 0 Å². The Morgan fingerprint density at radius 1 is 1.80 bits per heavy atom. The molecule has 0 atom stereocenters. The van der Waals surface area contributed by atoms with Gasteiger partial charge in [0.2, 0.25) is 16.3 Å². The molecule has 2 nitrogen and oxygen atoms in total. The topological polar surface area (TPSA) is 21.6 Å². The van der Waals surface area contributed by atoms with E-state index in [1.807, 2.05) is 0 Å². The fourth-order valence-electron chi connectivity index (χ4n) is 0.0151. The van der Waals surface area contributed by atoms with E-state index in [9.17, 15) is 0 Å². The lowest BCUT2D eigenvalue weighted by molar-refractivity contribution is 0.436. The van der Waals surface area contributed by atoms with Gasteiger partial charge in [-0.2, -0.15) is 0 Å². The Labute approximate surface area is 46.8 Å². The molecule has 0 aliphatic rings. The molecule has 0 N–H and O–H groups in total. The molecule has 0 aromatic rings. The minimum Gasteiger partial charge on any atom is -0.315 e. The second kappa shape index (κ2) is 4.43. The van der Waals surface area contributed by atoms with Crippen LogP contribution in [0.3, 0.4) is 0 Å². The summed E-state index contributed by atoms with van der Waals surface area (Å²) in [6, 6.07) is 0. The lowest BCUT2D eigenvalue weighted by atomic mass is 11.7. The van der Waals surface area contributed by atoms with Crippen molar-refractivity contribution in [2.75, 3.05) is 0 Å². The SMILES string of the molecule is Br/C=N/OBr. The van der Waals surface area contributed by atoms with E-state index >= 15 is 0 Å². The smallest absolute Gasteiger partial charge is 0.215 e. The number of nitrogens with zero attached hydrogens (tertiary/aromatic N) is 1. The predicted molar refractivity (Wildman–Crippen MR) is 27.4 cm³/mol. The van der Waals surface area contributed by atoms with Gasteiger partial charge in [-0.1, -0.05) is 5.16 Å². The molecule has 5 heavy (non-hydrogen) atoms. The zero-order valence-electron chi connectivity index (χ0n) is 2.19. The molecule has 0 unspecified atom stereocenters. The van der Waals surface area contributed by atoms with Crippen molar-refractivity contribution < 1.29 is 3.93 Å². The zero-order valence-corrected chi connectivity index (χ0v) is 5.36. The number of rotatable bonds is 1. The van der Waals surface area contributed by atoms with Crippen LogP contribution in [0, 0.1) is 0 Å². The minimum atomic E-state index is 1.35. The first-order valence-corrected chi connectivity index (χ1v) is 2.38. The Morgan fingerprint density at radius 3 is 2.40 bits per heavy atom. The summed E-state index contributed by atoms with van der Waals surface area (Å²) in [4.78, 5) is 0. The van der Waals surface area contributed by atoms with Crippen molar-refractivity contribution in [2.45, 2.75) is 0 Å². The van der Waals surface area contributed by atoms with E-state index in [1.54, 1.807) is 0 Å². The molecule has 0 heterocycles. The molecule has 0 aliphatic heterocycles. The third kappa shape index (κ3) is 4.43. The van der Waals surface area contributed by atoms with Gasteiger partial charge in [0.15, 0.2) is 0 Å². The Balaban J connectivity index is 2.62. The Bertz CT molecular complexity index is 36.6. The maximum Gasteiger partial charge on any atom is 0.215 e. The van der Waals surface area contributed by atoms with Crippen molar-refractivity contribution in [2.24, 2.45) is 5.16 Å². The summed E-state index contributed by atoms with van der Waals surface area (Å²) in [6.07, 6.45) is 0. The summed E-state index contributed by atoms with van der Waals surface area (Å²) >= 11 is 5.44. The highest BCUT2D eigenvalue weighted by Gasteiger charge is 1.52. The molecule has 0 aromatic heterocycles. The first-order valence-electron chi connectivity index (χ1n) is 0.813. The van der Waals surface area contributed by atoms with Gasteiger partial charge in [-0.25, -0.2) is 0 Å². The van der Waals surface area contributed by atoms with E-state index in [0.717, 1.165) is 0 Å². The quantitative estimate of drug-likeness (QED) is 0.468. The molecule has 0 fully saturated rings. The summed E-state index contributed by atoms with van der Waals surface area (Å²) in [5, 5.41) is 4.53. The summed E-state index contributed by atoms with van der Waals surface area (Å²) in [5.41, 5.74) is 0. The van der Waals surface area contributed by atoms with Crippen molar-refractivity contribution in [3.63, 3.8) is 0 Å². The van der Waals surface area contributed by atoms with Crippen LogP contribution >= 0.6 is 32.2 Å². The van der Waals surface area contributed by atoms with Crippen LogP contribution in [-0.4, -0.2) is 5.12 Å². The lowest BCUT2D eigenvalue weighted by Gasteiger charge is -1.68. The molecule has 0 saturated heterocycles.